The fraction of sp³-hybridized carbons (Fsp3) is 0.381. The predicted octanol–water partition coefficient (Wildman–Crippen LogP) is 3.99. The number of nitrogens with one attached hydrogen (secondary N) is 1. The maximum atomic E-state index is 12.5. The third-order valence-corrected chi connectivity index (χ3v) is 4.56. The van der Waals surface area contributed by atoms with Gasteiger partial charge in [0.25, 0.3) is 11.6 Å². The first-order chi connectivity index (χ1) is 13.1. The van der Waals surface area contributed by atoms with Gasteiger partial charge in [-0.3, -0.25) is 4.79 Å². The Morgan fingerprint density at radius 1 is 1.26 bits per heavy atom. The molecule has 0 aliphatic carbocycles. The van der Waals surface area contributed by atoms with Gasteiger partial charge in [-0.25, -0.2) is 4.98 Å². The molecule has 0 saturated heterocycles. The molecule has 0 aliphatic rings. The van der Waals surface area contributed by atoms with Crippen LogP contribution in [0.15, 0.2) is 47.1 Å². The van der Waals surface area contributed by atoms with E-state index in [1.54, 1.807) is 0 Å². The summed E-state index contributed by atoms with van der Waals surface area (Å²) < 4.78 is 5.23. The highest BCUT2D eigenvalue weighted by molar-refractivity contribution is 5.97. The Kier molecular flexibility index (Phi) is 6.06. The van der Waals surface area contributed by atoms with E-state index in [0.29, 0.717) is 17.8 Å². The Labute approximate surface area is 159 Å². The van der Waals surface area contributed by atoms with Crippen LogP contribution in [0.25, 0.3) is 11.1 Å². The molecule has 3 rings (SSSR count). The van der Waals surface area contributed by atoms with Crippen molar-refractivity contribution in [3.8, 4) is 0 Å². The first-order valence-corrected chi connectivity index (χ1v) is 9.43. The van der Waals surface area contributed by atoms with Crippen molar-refractivity contribution in [2.45, 2.75) is 33.1 Å². The van der Waals surface area contributed by atoms with E-state index in [4.69, 9.17) is 4.52 Å². The molecule has 6 nitrogen and oxygen atoms in total. The molecule has 0 saturated carbocycles. The highest BCUT2D eigenvalue weighted by Crippen LogP contribution is 2.24. The predicted molar refractivity (Wildman–Crippen MR) is 107 cm³/mol. The second-order valence-electron chi connectivity index (χ2n) is 6.82. The smallest absolute Gasteiger partial charge is 0.257 e. The normalized spacial score (nSPS) is 11.1. The van der Waals surface area contributed by atoms with Crippen LogP contribution in [0.2, 0.25) is 0 Å². The molecule has 142 valence electrons. The zero-order valence-corrected chi connectivity index (χ0v) is 16.1. The van der Waals surface area contributed by atoms with Crippen LogP contribution in [-0.4, -0.2) is 35.7 Å². The number of benzene rings is 1. The lowest BCUT2D eigenvalue weighted by Gasteiger charge is -2.23. The van der Waals surface area contributed by atoms with Gasteiger partial charge in [-0.05, 0) is 37.5 Å². The molecule has 0 aliphatic heterocycles. The van der Waals surface area contributed by atoms with Crippen LogP contribution >= 0.6 is 0 Å². The first kappa shape index (κ1) is 18.9. The minimum atomic E-state index is -0.122. The van der Waals surface area contributed by atoms with E-state index in [-0.39, 0.29) is 11.8 Å². The Morgan fingerprint density at radius 2 is 2.04 bits per heavy atom. The first-order valence-electron chi connectivity index (χ1n) is 9.43. The van der Waals surface area contributed by atoms with Gasteiger partial charge in [-0.2, -0.15) is 0 Å². The molecular weight excluding hydrogens is 340 g/mol. The third-order valence-electron chi connectivity index (χ3n) is 4.56. The average molecular weight is 366 g/mol. The molecule has 0 unspecified atom stereocenters. The van der Waals surface area contributed by atoms with Gasteiger partial charge in [-0.1, -0.05) is 37.2 Å². The lowest BCUT2D eigenvalue weighted by atomic mass is 10.1. The summed E-state index contributed by atoms with van der Waals surface area (Å²) in [6, 6.07) is 12.1. The molecule has 3 aromatic rings. The summed E-state index contributed by atoms with van der Waals surface area (Å²) in [5, 5.41) is 7.84. The molecule has 0 fully saturated rings. The third kappa shape index (κ3) is 4.45. The summed E-state index contributed by atoms with van der Waals surface area (Å²) in [4.78, 5) is 19.0. The van der Waals surface area contributed by atoms with Crippen LogP contribution in [0.4, 0.5) is 5.69 Å². The molecular formula is C21H26N4O2. The topological polar surface area (TPSA) is 71.3 Å². The van der Waals surface area contributed by atoms with Crippen molar-refractivity contribution in [1.82, 2.24) is 15.5 Å². The van der Waals surface area contributed by atoms with Gasteiger partial charge in [0.15, 0.2) is 0 Å². The number of amides is 1. The van der Waals surface area contributed by atoms with Crippen molar-refractivity contribution < 1.29 is 9.32 Å². The number of aromatic nitrogens is 2. The van der Waals surface area contributed by atoms with Crippen molar-refractivity contribution in [2.24, 2.45) is 0 Å². The van der Waals surface area contributed by atoms with Crippen molar-refractivity contribution in [3.05, 3.63) is 53.9 Å². The summed E-state index contributed by atoms with van der Waals surface area (Å²) in [6.45, 7) is 8.65. The molecule has 0 spiro atoms. The van der Waals surface area contributed by atoms with Gasteiger partial charge >= 0.3 is 0 Å². The second-order valence-corrected chi connectivity index (χ2v) is 6.82. The number of carbonyl (C=O) groups is 1. The number of fused-ring (bicyclic) bond motifs is 1. The number of pyridine rings is 1. The molecule has 1 amide bonds. The molecule has 1 aromatic carbocycles. The number of anilines is 1. The summed E-state index contributed by atoms with van der Waals surface area (Å²) in [5.41, 5.74) is 3.03. The zero-order chi connectivity index (χ0) is 19.2. The van der Waals surface area contributed by atoms with Gasteiger partial charge in [0.2, 0.25) is 0 Å². The van der Waals surface area contributed by atoms with Crippen molar-refractivity contribution in [2.75, 3.05) is 24.5 Å². The second kappa shape index (κ2) is 8.66. The van der Waals surface area contributed by atoms with Crippen LogP contribution in [0.3, 0.4) is 0 Å². The summed E-state index contributed by atoms with van der Waals surface area (Å²) in [7, 11) is 0. The van der Waals surface area contributed by atoms with Gasteiger partial charge in [-0.15, -0.1) is 0 Å². The lowest BCUT2D eigenvalue weighted by Crippen LogP contribution is -2.30. The number of para-hydroxylation sites is 1. The number of rotatable bonds is 8. The number of hydrogen-bond donors (Lipinski definition) is 1. The fourth-order valence-electron chi connectivity index (χ4n) is 3.07. The van der Waals surface area contributed by atoms with Gasteiger partial charge in [0.1, 0.15) is 0 Å². The van der Waals surface area contributed by atoms with Crippen LogP contribution in [0.1, 0.15) is 49.2 Å². The molecule has 2 heterocycles. The quantitative estimate of drug-likeness (QED) is 0.610. The Morgan fingerprint density at radius 3 is 2.74 bits per heavy atom. The van der Waals surface area contributed by atoms with Crippen molar-refractivity contribution in [1.29, 1.82) is 0 Å². The standard InChI is InChI=1S/C21H26N4O2/c1-4-25(17-9-6-5-7-10-17)12-8-11-22-20(26)16-13-18-19(15(2)3)24-27-21(18)23-14-16/h5-7,9-10,13-15H,4,8,11-12H2,1-3H3,(H,22,26). The van der Waals surface area contributed by atoms with Crippen LogP contribution in [0.5, 0.6) is 0 Å². The molecule has 1 N–H and O–H groups in total. The van der Waals surface area contributed by atoms with E-state index < -0.39 is 0 Å². The Hall–Kier alpha value is -2.89. The monoisotopic (exact) mass is 366 g/mol. The summed E-state index contributed by atoms with van der Waals surface area (Å²) >= 11 is 0. The lowest BCUT2D eigenvalue weighted by molar-refractivity contribution is 0.0953. The van der Waals surface area contributed by atoms with Crippen molar-refractivity contribution >= 4 is 22.7 Å². The minimum Gasteiger partial charge on any atom is -0.372 e. The largest absolute Gasteiger partial charge is 0.372 e. The average Bonchev–Trinajstić information content (AvgIpc) is 3.12. The van der Waals surface area contributed by atoms with Gasteiger partial charge < -0.3 is 14.7 Å². The van der Waals surface area contributed by atoms with E-state index in [0.717, 1.165) is 30.6 Å². The van der Waals surface area contributed by atoms with E-state index in [2.05, 4.69) is 39.4 Å². The SMILES string of the molecule is CCN(CCCNC(=O)c1cnc2onc(C(C)C)c2c1)c1ccccc1. The Bertz CT molecular complexity index is 890. The van der Waals surface area contributed by atoms with Crippen molar-refractivity contribution in [3.63, 3.8) is 0 Å². The number of carbonyl (C=O) groups excluding carboxylic acids is 1. The van der Waals surface area contributed by atoms with Crippen LogP contribution in [-0.2, 0) is 0 Å². The van der Waals surface area contributed by atoms with Crippen LogP contribution in [0, 0.1) is 0 Å². The minimum absolute atomic E-state index is 0.122. The molecule has 2 aromatic heterocycles. The zero-order valence-electron chi connectivity index (χ0n) is 16.1. The molecule has 0 radical (unpaired) electrons. The van der Waals surface area contributed by atoms with E-state index in [1.165, 1.54) is 11.9 Å². The van der Waals surface area contributed by atoms with Crippen LogP contribution < -0.4 is 10.2 Å². The fourth-order valence-corrected chi connectivity index (χ4v) is 3.07. The number of nitrogens with zero attached hydrogens (tertiary/aromatic N) is 3. The van der Waals surface area contributed by atoms with E-state index in [9.17, 15) is 4.79 Å². The molecule has 6 heteroatoms. The number of hydrogen-bond acceptors (Lipinski definition) is 5. The summed E-state index contributed by atoms with van der Waals surface area (Å²) in [6.07, 6.45) is 2.41. The maximum Gasteiger partial charge on any atom is 0.257 e. The maximum absolute atomic E-state index is 12.5. The molecule has 0 atom stereocenters. The summed E-state index contributed by atoms with van der Waals surface area (Å²) in [5.74, 6) is 0.0902. The Balaban J connectivity index is 1.56. The van der Waals surface area contributed by atoms with E-state index in [1.807, 2.05) is 38.1 Å². The van der Waals surface area contributed by atoms with E-state index >= 15 is 0 Å². The van der Waals surface area contributed by atoms with Gasteiger partial charge in [0.05, 0.1) is 16.6 Å². The highest BCUT2D eigenvalue weighted by atomic mass is 16.5. The highest BCUT2D eigenvalue weighted by Gasteiger charge is 2.15. The van der Waals surface area contributed by atoms with Gasteiger partial charge in [0, 0.05) is 31.5 Å². The molecule has 0 bridgehead atoms. The molecule has 27 heavy (non-hydrogen) atoms.